The molecular weight excluding hydrogens is 890 g/mol. The van der Waals surface area contributed by atoms with Crippen molar-refractivity contribution >= 4 is 51.6 Å². The van der Waals surface area contributed by atoms with Crippen LogP contribution in [0.5, 0.6) is 11.5 Å². The van der Waals surface area contributed by atoms with Gasteiger partial charge >= 0.3 is 0 Å². The molecule has 0 saturated carbocycles. The molecule has 0 aliphatic carbocycles. The van der Waals surface area contributed by atoms with Crippen molar-refractivity contribution in [3.63, 3.8) is 0 Å². The molecule has 2 unspecified atom stereocenters. The molecule has 1 fully saturated rings. The molecule has 13 nitrogen and oxygen atoms in total. The highest BCUT2D eigenvalue weighted by atomic mass is 35.5. The van der Waals surface area contributed by atoms with E-state index in [-0.39, 0.29) is 37.4 Å². The summed E-state index contributed by atoms with van der Waals surface area (Å²) in [7, 11) is 0. The number of amides is 3. The maximum absolute atomic E-state index is 13.9. The number of aryl methyl sites for hydroxylation is 2. The van der Waals surface area contributed by atoms with Gasteiger partial charge in [0.05, 0.1) is 54.8 Å². The van der Waals surface area contributed by atoms with Crippen LogP contribution in [-0.2, 0) is 41.7 Å². The van der Waals surface area contributed by atoms with Crippen LogP contribution in [-0.4, -0.2) is 102 Å². The Morgan fingerprint density at radius 2 is 1.51 bits per heavy atom. The molecule has 3 heterocycles. The first-order valence-corrected chi connectivity index (χ1v) is 23.9. The number of benzene rings is 4. The second-order valence-corrected chi connectivity index (χ2v) is 19.1. The van der Waals surface area contributed by atoms with E-state index >= 15 is 0 Å². The van der Waals surface area contributed by atoms with Crippen LogP contribution in [0.3, 0.4) is 0 Å². The molecule has 1 saturated heterocycles. The van der Waals surface area contributed by atoms with Gasteiger partial charge < -0.3 is 44.2 Å². The topological polar surface area (TPSA) is 153 Å². The number of phenols is 1. The van der Waals surface area contributed by atoms with Crippen molar-refractivity contribution in [3.8, 4) is 33.2 Å². The monoisotopic (exact) mass is 949 g/mol. The van der Waals surface area contributed by atoms with Gasteiger partial charge in [-0.2, -0.15) is 0 Å². The first kappa shape index (κ1) is 49.1. The average molecular weight is 951 g/mol. The van der Waals surface area contributed by atoms with Crippen LogP contribution >= 0.6 is 22.9 Å². The van der Waals surface area contributed by atoms with Crippen molar-refractivity contribution in [2.75, 3.05) is 52.8 Å². The Bertz CT molecular complexity index is 2610. The number of rotatable bonds is 21. The number of carbonyl (C=O) groups excluding carboxylic acids is 3. The SMILES string of the molecule is Cc1ncsc1-c1ccc(CNC(=O)C2CCCN2C(=O)C(NC(=O)COCCOCCOCCOc2ccc(Cn3c(-c4ccc(Cl)cc4)c(C)c4cc(O)ccc43)cc2)C(C)(C)C)cc1. The van der Waals surface area contributed by atoms with Crippen molar-refractivity contribution in [1.29, 1.82) is 0 Å². The third-order valence-corrected chi connectivity index (χ3v) is 13.1. The van der Waals surface area contributed by atoms with Crippen LogP contribution in [0.1, 0.15) is 56.0 Å². The van der Waals surface area contributed by atoms with Crippen molar-refractivity contribution in [2.45, 2.75) is 72.6 Å². The molecule has 0 radical (unpaired) electrons. The van der Waals surface area contributed by atoms with Crippen molar-refractivity contribution < 1.29 is 38.4 Å². The molecule has 3 N–H and O–H groups in total. The molecule has 0 bridgehead atoms. The van der Waals surface area contributed by atoms with Gasteiger partial charge in [0.2, 0.25) is 17.7 Å². The molecule has 4 aromatic carbocycles. The van der Waals surface area contributed by atoms with Gasteiger partial charge in [-0.1, -0.05) is 80.9 Å². The highest BCUT2D eigenvalue weighted by molar-refractivity contribution is 7.13. The van der Waals surface area contributed by atoms with Gasteiger partial charge in [0.15, 0.2) is 0 Å². The first-order valence-electron chi connectivity index (χ1n) is 22.7. The summed E-state index contributed by atoms with van der Waals surface area (Å²) in [4.78, 5) is 47.3. The minimum absolute atomic E-state index is 0.189. The number of aromatic nitrogens is 2. The molecule has 0 spiro atoms. The number of hydrogen-bond donors (Lipinski definition) is 3. The third kappa shape index (κ3) is 12.8. The number of fused-ring (bicyclic) bond motifs is 1. The Morgan fingerprint density at radius 1 is 0.851 bits per heavy atom. The number of nitrogens with zero attached hydrogens (tertiary/aromatic N) is 3. The smallest absolute Gasteiger partial charge is 0.246 e. The number of ether oxygens (including phenoxy) is 4. The standard InChI is InChI=1S/C52H60ClN5O8S/c1-34-43-29-41(59)18-21-44(43)58(47(34)38-14-16-40(53)17-15-38)31-37-10-19-42(20-11-37)66-28-27-64-24-23-63-25-26-65-32-46(60)56-49(52(3,4)5)51(62)57-22-6-7-45(57)50(61)54-30-36-8-12-39(13-9-36)48-35(2)55-33-67-48/h8-21,29,33,45,49,59H,6-7,22-28,30-32H2,1-5H3,(H,54,61)(H,56,60). The summed E-state index contributed by atoms with van der Waals surface area (Å²) in [5, 5.41) is 17.8. The van der Waals surface area contributed by atoms with Crippen LogP contribution in [0.15, 0.2) is 96.5 Å². The molecule has 1 aliphatic rings. The summed E-state index contributed by atoms with van der Waals surface area (Å²) < 4.78 is 25.1. The Balaban J connectivity index is 0.769. The first-order chi connectivity index (χ1) is 32.3. The normalized spacial score (nSPS) is 14.4. The lowest BCUT2D eigenvalue weighted by atomic mass is 9.85. The summed E-state index contributed by atoms with van der Waals surface area (Å²) in [6, 6.07) is 27.9. The number of phenolic OH excluding ortho intramolecular Hbond substituents is 1. The number of nitrogens with one attached hydrogen (secondary N) is 2. The zero-order chi connectivity index (χ0) is 47.5. The molecular formula is C52H60ClN5O8S. The number of carbonyl (C=O) groups is 3. The maximum atomic E-state index is 13.9. The van der Waals surface area contributed by atoms with Gasteiger partial charge in [-0.05, 0) is 102 Å². The molecule has 2 atom stereocenters. The zero-order valence-electron chi connectivity index (χ0n) is 38.8. The molecule has 1 aliphatic heterocycles. The molecule has 354 valence electrons. The van der Waals surface area contributed by atoms with E-state index in [0.29, 0.717) is 63.9 Å². The van der Waals surface area contributed by atoms with Crippen LogP contribution in [0.25, 0.3) is 32.6 Å². The largest absolute Gasteiger partial charge is 0.508 e. The van der Waals surface area contributed by atoms with Crippen LogP contribution in [0, 0.1) is 19.3 Å². The quantitative estimate of drug-likeness (QED) is 0.0602. The molecule has 15 heteroatoms. The second-order valence-electron chi connectivity index (χ2n) is 17.8. The maximum Gasteiger partial charge on any atom is 0.246 e. The molecule has 67 heavy (non-hydrogen) atoms. The number of thiazole rings is 1. The van der Waals surface area contributed by atoms with Crippen LogP contribution < -0.4 is 15.4 Å². The average Bonchev–Trinajstić information content (AvgIpc) is 4.05. The van der Waals surface area contributed by atoms with E-state index < -0.39 is 23.4 Å². The van der Waals surface area contributed by atoms with Crippen molar-refractivity contribution in [3.05, 3.63) is 124 Å². The third-order valence-electron chi connectivity index (χ3n) is 11.8. The summed E-state index contributed by atoms with van der Waals surface area (Å²) in [5.74, 6) is 0.0569. The summed E-state index contributed by atoms with van der Waals surface area (Å²) >= 11 is 7.79. The molecule has 2 aromatic heterocycles. The lowest BCUT2D eigenvalue weighted by Crippen LogP contribution is -2.58. The number of aromatic hydroxyl groups is 1. The lowest BCUT2D eigenvalue weighted by Gasteiger charge is -2.35. The number of halogens is 1. The van der Waals surface area contributed by atoms with Gasteiger partial charge in [0.1, 0.15) is 36.8 Å². The zero-order valence-corrected chi connectivity index (χ0v) is 40.4. The fourth-order valence-electron chi connectivity index (χ4n) is 8.33. The summed E-state index contributed by atoms with van der Waals surface area (Å²) in [5.41, 5.74) is 9.59. The van der Waals surface area contributed by atoms with E-state index in [1.54, 1.807) is 22.3 Å². The predicted octanol–water partition coefficient (Wildman–Crippen LogP) is 8.72. The van der Waals surface area contributed by atoms with Gasteiger partial charge in [-0.3, -0.25) is 14.4 Å². The molecule has 3 amide bonds. The van der Waals surface area contributed by atoms with Gasteiger partial charge in [-0.15, -0.1) is 11.3 Å². The highest BCUT2D eigenvalue weighted by Crippen LogP contribution is 2.36. The van der Waals surface area contributed by atoms with Gasteiger partial charge in [0, 0.05) is 35.6 Å². The fraction of sp³-hybridized carbons (Fsp3) is 0.385. The van der Waals surface area contributed by atoms with E-state index in [2.05, 4.69) is 27.1 Å². The van der Waals surface area contributed by atoms with E-state index in [4.69, 9.17) is 30.5 Å². The Kier molecular flexibility index (Phi) is 16.7. The summed E-state index contributed by atoms with van der Waals surface area (Å²) in [6.07, 6.45) is 1.26. The Labute approximate surface area is 401 Å². The van der Waals surface area contributed by atoms with Gasteiger partial charge in [0.25, 0.3) is 0 Å². The van der Waals surface area contributed by atoms with E-state index in [1.165, 1.54) is 0 Å². The predicted molar refractivity (Wildman–Crippen MR) is 263 cm³/mol. The second kappa shape index (κ2) is 22.8. The minimum atomic E-state index is -0.843. The number of likely N-dealkylation sites (tertiary alicyclic amines) is 1. The lowest BCUT2D eigenvalue weighted by molar-refractivity contribution is -0.144. The molecule has 7 rings (SSSR count). The van der Waals surface area contributed by atoms with E-state index in [9.17, 15) is 19.5 Å². The van der Waals surface area contributed by atoms with Crippen LogP contribution in [0.2, 0.25) is 5.02 Å². The van der Waals surface area contributed by atoms with E-state index in [1.807, 2.05) is 118 Å². The molecule has 6 aromatic rings. The fourth-order valence-corrected chi connectivity index (χ4v) is 9.27. The highest BCUT2D eigenvalue weighted by Gasteiger charge is 2.41. The van der Waals surface area contributed by atoms with Crippen LogP contribution in [0.4, 0.5) is 0 Å². The van der Waals surface area contributed by atoms with Crippen molar-refractivity contribution in [2.24, 2.45) is 5.41 Å². The van der Waals surface area contributed by atoms with E-state index in [0.717, 1.165) is 60.7 Å². The summed E-state index contributed by atoms with van der Waals surface area (Å²) in [6.45, 7) is 12.8. The Hall–Kier alpha value is -5.77. The van der Waals surface area contributed by atoms with Gasteiger partial charge in [-0.25, -0.2) is 4.98 Å². The minimum Gasteiger partial charge on any atom is -0.508 e. The Morgan fingerprint density at radius 3 is 2.18 bits per heavy atom. The number of hydrogen-bond acceptors (Lipinski definition) is 10. The van der Waals surface area contributed by atoms with Crippen molar-refractivity contribution in [1.82, 2.24) is 25.1 Å².